The number of nitrogens with zero attached hydrogens (tertiary/aromatic N) is 1. The van der Waals surface area contributed by atoms with Crippen LogP contribution in [0.3, 0.4) is 0 Å². The molecular weight excluding hydrogens is 262 g/mol. The van der Waals surface area contributed by atoms with Crippen molar-refractivity contribution in [2.24, 2.45) is 0 Å². The predicted octanol–water partition coefficient (Wildman–Crippen LogP) is 2.80. The fourth-order valence-corrected chi connectivity index (χ4v) is 2.53. The van der Waals surface area contributed by atoms with Crippen LogP contribution in [0.4, 0.5) is 0 Å². The van der Waals surface area contributed by atoms with Crippen molar-refractivity contribution in [1.29, 1.82) is 0 Å². The van der Waals surface area contributed by atoms with Gasteiger partial charge in [0.25, 0.3) is 0 Å². The summed E-state index contributed by atoms with van der Waals surface area (Å²) in [6, 6.07) is 6.75. The van der Waals surface area contributed by atoms with E-state index in [1.807, 2.05) is 12.1 Å². The maximum atomic E-state index is 8.81. The van der Waals surface area contributed by atoms with Crippen LogP contribution in [-0.2, 0) is 6.54 Å². The Kier molecular flexibility index (Phi) is 6.10. The molecule has 1 saturated carbocycles. The number of aliphatic hydroxyl groups excluding tert-OH is 1. The summed E-state index contributed by atoms with van der Waals surface area (Å²) >= 11 is 0. The maximum Gasteiger partial charge on any atom is 0.123 e. The van der Waals surface area contributed by atoms with Gasteiger partial charge in [-0.05, 0) is 44.0 Å². The predicted molar refractivity (Wildman–Crippen MR) is 85.3 cm³/mol. The summed E-state index contributed by atoms with van der Waals surface area (Å²) in [7, 11) is 1.71. The number of benzene rings is 1. The monoisotopic (exact) mass is 287 g/mol. The fraction of sp³-hybridized carbons (Fsp3) is 0.556. The summed E-state index contributed by atoms with van der Waals surface area (Å²) in [5.74, 6) is 6.60. The van der Waals surface area contributed by atoms with E-state index in [0.29, 0.717) is 0 Å². The molecule has 1 fully saturated rings. The molecule has 1 aliphatic rings. The molecule has 0 amide bonds. The highest BCUT2D eigenvalue weighted by molar-refractivity contribution is 5.44. The van der Waals surface area contributed by atoms with Gasteiger partial charge in [-0.25, -0.2) is 0 Å². The third-order valence-electron chi connectivity index (χ3n) is 3.83. The van der Waals surface area contributed by atoms with Gasteiger partial charge in [0.05, 0.1) is 7.11 Å². The molecule has 2 rings (SSSR count). The Morgan fingerprint density at radius 2 is 2.19 bits per heavy atom. The van der Waals surface area contributed by atoms with Crippen molar-refractivity contribution >= 4 is 0 Å². The Balaban J connectivity index is 2.14. The van der Waals surface area contributed by atoms with Crippen LogP contribution in [0.5, 0.6) is 5.75 Å². The molecule has 1 aromatic rings. The minimum Gasteiger partial charge on any atom is -0.496 e. The summed E-state index contributed by atoms with van der Waals surface area (Å²) in [6.07, 6.45) is 5.09. The van der Waals surface area contributed by atoms with Gasteiger partial charge in [0.1, 0.15) is 12.4 Å². The zero-order chi connectivity index (χ0) is 15.1. The molecule has 0 aliphatic heterocycles. The van der Waals surface area contributed by atoms with Crippen LogP contribution in [0, 0.1) is 11.8 Å². The van der Waals surface area contributed by atoms with E-state index >= 15 is 0 Å². The van der Waals surface area contributed by atoms with Crippen LogP contribution in [0.2, 0.25) is 0 Å². The third kappa shape index (κ3) is 4.77. The lowest BCUT2D eigenvalue weighted by Crippen LogP contribution is -2.26. The maximum absolute atomic E-state index is 8.81. The van der Waals surface area contributed by atoms with Crippen molar-refractivity contribution in [2.75, 3.05) is 20.3 Å². The van der Waals surface area contributed by atoms with Crippen molar-refractivity contribution in [1.82, 2.24) is 4.90 Å². The summed E-state index contributed by atoms with van der Waals surface area (Å²) in [6.45, 7) is 4.20. The first-order chi connectivity index (χ1) is 10.3. The Hall–Kier alpha value is -1.50. The standard InChI is InChI=1S/C18H25NO2/c1-3-4-11-19(17-8-9-17)14-16-13-15(6-5-12-20)7-10-18(16)21-2/h7,10,13,17,20H,3-4,8-9,11-12,14H2,1-2H3. The second kappa shape index (κ2) is 8.07. The zero-order valence-corrected chi connectivity index (χ0v) is 13.1. The first kappa shape index (κ1) is 15.9. The zero-order valence-electron chi connectivity index (χ0n) is 13.1. The highest BCUT2D eigenvalue weighted by Crippen LogP contribution is 2.30. The molecule has 0 unspecified atom stereocenters. The Bertz CT molecular complexity index is 512. The molecule has 0 radical (unpaired) electrons. The second-order valence-electron chi connectivity index (χ2n) is 5.54. The highest BCUT2D eigenvalue weighted by Gasteiger charge is 2.28. The van der Waals surface area contributed by atoms with E-state index in [4.69, 9.17) is 9.84 Å². The molecular formula is C18H25NO2. The number of hydrogen-bond acceptors (Lipinski definition) is 3. The van der Waals surface area contributed by atoms with Gasteiger partial charge in [0.2, 0.25) is 0 Å². The summed E-state index contributed by atoms with van der Waals surface area (Å²) in [5.41, 5.74) is 2.12. The highest BCUT2D eigenvalue weighted by atomic mass is 16.5. The molecule has 114 valence electrons. The molecule has 0 spiro atoms. The lowest BCUT2D eigenvalue weighted by atomic mass is 10.1. The largest absolute Gasteiger partial charge is 0.496 e. The van der Waals surface area contributed by atoms with E-state index in [1.54, 1.807) is 7.11 Å². The molecule has 0 heterocycles. The van der Waals surface area contributed by atoms with Gasteiger partial charge >= 0.3 is 0 Å². The SMILES string of the molecule is CCCCN(Cc1cc(C#CCO)ccc1OC)C1CC1. The van der Waals surface area contributed by atoms with Gasteiger partial charge in [0.15, 0.2) is 0 Å². The van der Waals surface area contributed by atoms with Gasteiger partial charge in [-0.3, -0.25) is 4.90 Å². The number of aliphatic hydroxyl groups is 1. The molecule has 1 N–H and O–H groups in total. The molecule has 3 nitrogen and oxygen atoms in total. The number of rotatable bonds is 7. The minimum absolute atomic E-state index is 0.105. The summed E-state index contributed by atoms with van der Waals surface area (Å²) in [4.78, 5) is 2.56. The first-order valence-corrected chi connectivity index (χ1v) is 7.79. The lowest BCUT2D eigenvalue weighted by molar-refractivity contribution is 0.246. The topological polar surface area (TPSA) is 32.7 Å². The first-order valence-electron chi connectivity index (χ1n) is 7.79. The molecule has 0 bridgehead atoms. The van der Waals surface area contributed by atoms with Gasteiger partial charge in [-0.1, -0.05) is 25.2 Å². The minimum atomic E-state index is -0.105. The molecule has 0 saturated heterocycles. The normalized spacial score (nSPS) is 13.9. The number of ether oxygens (including phenoxy) is 1. The second-order valence-corrected chi connectivity index (χ2v) is 5.54. The molecule has 1 aromatic carbocycles. The van der Waals surface area contributed by atoms with E-state index in [9.17, 15) is 0 Å². The molecule has 3 heteroatoms. The van der Waals surface area contributed by atoms with Crippen molar-refractivity contribution in [3.8, 4) is 17.6 Å². The van der Waals surface area contributed by atoms with Crippen LogP contribution in [0.15, 0.2) is 18.2 Å². The summed E-state index contributed by atoms with van der Waals surface area (Å²) in [5, 5.41) is 8.81. The average Bonchev–Trinajstić information content (AvgIpc) is 3.34. The molecule has 0 atom stereocenters. The smallest absolute Gasteiger partial charge is 0.123 e. The van der Waals surface area contributed by atoms with E-state index in [2.05, 4.69) is 29.7 Å². The number of methoxy groups -OCH3 is 1. The number of unbranched alkanes of at least 4 members (excludes halogenated alkanes) is 1. The van der Waals surface area contributed by atoms with Crippen LogP contribution < -0.4 is 4.74 Å². The fourth-order valence-electron chi connectivity index (χ4n) is 2.53. The van der Waals surface area contributed by atoms with Gasteiger partial charge < -0.3 is 9.84 Å². The Morgan fingerprint density at radius 3 is 2.81 bits per heavy atom. The van der Waals surface area contributed by atoms with E-state index < -0.39 is 0 Å². The lowest BCUT2D eigenvalue weighted by Gasteiger charge is -2.23. The number of hydrogen-bond donors (Lipinski definition) is 1. The van der Waals surface area contributed by atoms with Crippen LogP contribution in [-0.4, -0.2) is 36.3 Å². The van der Waals surface area contributed by atoms with Crippen molar-refractivity contribution in [2.45, 2.75) is 45.2 Å². The third-order valence-corrected chi connectivity index (χ3v) is 3.83. The van der Waals surface area contributed by atoms with Crippen molar-refractivity contribution in [3.63, 3.8) is 0 Å². The average molecular weight is 287 g/mol. The van der Waals surface area contributed by atoms with E-state index in [1.165, 1.54) is 31.2 Å². The van der Waals surface area contributed by atoms with Crippen molar-refractivity contribution in [3.05, 3.63) is 29.3 Å². The van der Waals surface area contributed by atoms with Gasteiger partial charge in [-0.2, -0.15) is 0 Å². The van der Waals surface area contributed by atoms with E-state index in [-0.39, 0.29) is 6.61 Å². The van der Waals surface area contributed by atoms with E-state index in [0.717, 1.165) is 30.4 Å². The van der Waals surface area contributed by atoms with Crippen LogP contribution >= 0.6 is 0 Å². The molecule has 21 heavy (non-hydrogen) atoms. The summed E-state index contributed by atoms with van der Waals surface area (Å²) < 4.78 is 5.49. The Labute approximate surface area is 127 Å². The Morgan fingerprint density at radius 1 is 1.38 bits per heavy atom. The van der Waals surface area contributed by atoms with Crippen molar-refractivity contribution < 1.29 is 9.84 Å². The molecule has 1 aliphatic carbocycles. The van der Waals surface area contributed by atoms with Gasteiger partial charge in [-0.15, -0.1) is 0 Å². The van der Waals surface area contributed by atoms with Gasteiger partial charge in [0, 0.05) is 23.7 Å². The van der Waals surface area contributed by atoms with Crippen LogP contribution in [0.1, 0.15) is 43.7 Å². The quantitative estimate of drug-likeness (QED) is 0.783. The molecule has 0 aromatic heterocycles. The van der Waals surface area contributed by atoms with Crippen LogP contribution in [0.25, 0.3) is 0 Å².